The topological polar surface area (TPSA) is 117 Å². The monoisotopic (exact) mass is 590 g/mol. The quantitative estimate of drug-likeness (QED) is 0.234. The number of nitrogens with one attached hydrogen (secondary N) is 1. The molecule has 0 radical (unpaired) electrons. The largest absolute Gasteiger partial charge is 0.433 e. The first kappa shape index (κ1) is 28.5. The second-order valence-corrected chi connectivity index (χ2v) is 11.0. The Bertz CT molecular complexity index is 1660. The van der Waals surface area contributed by atoms with Crippen LogP contribution in [0.4, 0.5) is 26.3 Å². The van der Waals surface area contributed by atoms with Crippen LogP contribution in [-0.2, 0) is 22.4 Å². The van der Waals surface area contributed by atoms with Gasteiger partial charge in [0.2, 0.25) is 0 Å². The molecule has 0 atom stereocenters. The fourth-order valence-corrected chi connectivity index (χ4v) is 5.68. The highest BCUT2D eigenvalue weighted by Crippen LogP contribution is 2.34. The van der Waals surface area contributed by atoms with E-state index in [9.17, 15) is 34.8 Å². The number of fused-ring (bicyclic) bond motifs is 1. The van der Waals surface area contributed by atoms with Crippen molar-refractivity contribution in [3.63, 3.8) is 0 Å². The summed E-state index contributed by atoms with van der Waals surface area (Å²) < 4.78 is 107. The Labute approximate surface area is 220 Å². The average molecular weight is 591 g/mol. The summed E-state index contributed by atoms with van der Waals surface area (Å²) >= 11 is 0.741. The van der Waals surface area contributed by atoms with Crippen LogP contribution in [0.1, 0.15) is 21.8 Å². The number of benzene rings is 1. The number of nitrogens with zero attached hydrogens (tertiary/aromatic N) is 3. The first-order valence-corrected chi connectivity index (χ1v) is 13.0. The van der Waals surface area contributed by atoms with E-state index in [2.05, 4.69) is 26.6 Å². The van der Waals surface area contributed by atoms with Crippen LogP contribution in [0.15, 0.2) is 52.7 Å². The third kappa shape index (κ3) is 6.40. The van der Waals surface area contributed by atoms with Gasteiger partial charge in [-0.25, -0.2) is 22.6 Å². The lowest BCUT2D eigenvalue weighted by Gasteiger charge is -2.12. The molecule has 206 valence electrons. The molecule has 0 fully saturated rings. The predicted molar refractivity (Wildman–Crippen MR) is 127 cm³/mol. The van der Waals surface area contributed by atoms with Crippen molar-refractivity contribution in [2.75, 3.05) is 13.2 Å². The van der Waals surface area contributed by atoms with E-state index in [0.717, 1.165) is 41.7 Å². The molecule has 1 aromatic carbocycles. The number of aliphatic hydroxyl groups is 2. The van der Waals surface area contributed by atoms with Crippen LogP contribution in [0.3, 0.4) is 0 Å². The Morgan fingerprint density at radius 1 is 0.949 bits per heavy atom. The highest BCUT2D eigenvalue weighted by atomic mass is 32.2. The van der Waals surface area contributed by atoms with Crippen molar-refractivity contribution >= 4 is 27.0 Å². The minimum absolute atomic E-state index is 0.0235. The molecule has 39 heavy (non-hydrogen) atoms. The molecule has 0 aliphatic heterocycles. The first-order chi connectivity index (χ1) is 18.2. The van der Waals surface area contributed by atoms with Crippen molar-refractivity contribution in [1.29, 1.82) is 0 Å². The zero-order valence-electron chi connectivity index (χ0n) is 19.2. The summed E-state index contributed by atoms with van der Waals surface area (Å²) in [6, 6.07) is 6.79. The van der Waals surface area contributed by atoms with Gasteiger partial charge in [0.05, 0.1) is 35.4 Å². The van der Waals surface area contributed by atoms with E-state index >= 15 is 0 Å². The maximum Gasteiger partial charge on any atom is 0.433 e. The number of hydrogen-bond donors (Lipinski definition) is 3. The lowest BCUT2D eigenvalue weighted by atomic mass is 10.1. The van der Waals surface area contributed by atoms with Gasteiger partial charge in [0.15, 0.2) is 11.3 Å². The van der Waals surface area contributed by atoms with Gasteiger partial charge in [-0.1, -0.05) is 12.1 Å². The van der Waals surface area contributed by atoms with E-state index < -0.39 is 52.9 Å². The molecule has 16 heteroatoms. The molecule has 3 N–H and O–H groups in total. The van der Waals surface area contributed by atoms with Crippen LogP contribution in [0.2, 0.25) is 0 Å². The zero-order valence-corrected chi connectivity index (χ0v) is 20.9. The predicted octanol–water partition coefficient (Wildman–Crippen LogP) is 3.53. The summed E-state index contributed by atoms with van der Waals surface area (Å²) in [4.78, 5) is 4.32. The van der Waals surface area contributed by atoms with Crippen molar-refractivity contribution in [1.82, 2.24) is 19.3 Å². The van der Waals surface area contributed by atoms with Crippen LogP contribution >= 0.6 is 11.3 Å². The Morgan fingerprint density at radius 3 is 2.21 bits per heavy atom. The summed E-state index contributed by atoms with van der Waals surface area (Å²) in [7, 11) is -4.07. The maximum atomic E-state index is 13.8. The normalized spacial score (nSPS) is 12.6. The van der Waals surface area contributed by atoms with Gasteiger partial charge in [-0.15, -0.1) is 11.3 Å². The van der Waals surface area contributed by atoms with Gasteiger partial charge in [-0.05, 0) is 42.2 Å². The van der Waals surface area contributed by atoms with Gasteiger partial charge in [0.1, 0.15) is 9.90 Å². The van der Waals surface area contributed by atoms with Gasteiger partial charge < -0.3 is 10.2 Å². The molecule has 4 aromatic rings. The molecule has 0 bridgehead atoms. The molecule has 0 unspecified atom stereocenters. The van der Waals surface area contributed by atoms with Gasteiger partial charge in [0.25, 0.3) is 10.0 Å². The lowest BCUT2D eigenvalue weighted by Crippen LogP contribution is -2.39. The molecule has 0 spiro atoms. The summed E-state index contributed by atoms with van der Waals surface area (Å²) in [6.07, 6.45) is -9.50. The summed E-state index contributed by atoms with van der Waals surface area (Å²) in [6.45, 7) is -1.26. The highest BCUT2D eigenvalue weighted by molar-refractivity contribution is 7.91. The van der Waals surface area contributed by atoms with Crippen LogP contribution in [0.25, 0.3) is 16.9 Å². The number of hydrogen-bond acceptors (Lipinski definition) is 7. The molecule has 0 aliphatic rings. The third-order valence-electron chi connectivity index (χ3n) is 5.15. The Hall–Kier alpha value is -3.49. The SMILES string of the molecule is O=S(=O)(NC(CO)CO)c1ccc(C#Cc2cc3nc(-c4ccc(C(F)(F)F)cc4)cc(C(F)(F)F)n3n2)s1. The summed E-state index contributed by atoms with van der Waals surface area (Å²) in [5.41, 5.74) is -2.79. The summed E-state index contributed by atoms with van der Waals surface area (Å²) in [5.74, 6) is 5.15. The fourth-order valence-electron chi connectivity index (χ4n) is 3.28. The van der Waals surface area contributed by atoms with Crippen molar-refractivity contribution < 1.29 is 45.0 Å². The van der Waals surface area contributed by atoms with E-state index in [0.29, 0.717) is 10.6 Å². The standard InChI is InChI=1S/C23H16F6N4O4S2/c24-22(25,26)14-3-1-13(2-4-14)18-10-19(23(27,28)29)33-20(30-18)9-15(31-33)5-6-17-7-8-21(38-17)39(36,37)32-16(11-34)12-35/h1-4,7-10,16,32,34-35H,11-12H2. The lowest BCUT2D eigenvalue weighted by molar-refractivity contribution is -0.142. The third-order valence-corrected chi connectivity index (χ3v) is 8.16. The minimum atomic E-state index is -4.89. The molecule has 8 nitrogen and oxygen atoms in total. The van der Waals surface area contributed by atoms with E-state index in [1.165, 1.54) is 12.1 Å². The summed E-state index contributed by atoms with van der Waals surface area (Å²) in [5, 5.41) is 22.0. The van der Waals surface area contributed by atoms with Crippen molar-refractivity contribution in [2.45, 2.75) is 22.6 Å². The molecule has 0 saturated carbocycles. The molecule has 4 rings (SSSR count). The molecule has 3 aromatic heterocycles. The molecule has 0 aliphatic carbocycles. The van der Waals surface area contributed by atoms with E-state index in [-0.39, 0.29) is 31.7 Å². The number of aromatic nitrogens is 3. The van der Waals surface area contributed by atoms with Crippen molar-refractivity contribution in [3.8, 4) is 23.1 Å². The van der Waals surface area contributed by atoms with E-state index in [1.54, 1.807) is 0 Å². The average Bonchev–Trinajstić information content (AvgIpc) is 3.51. The van der Waals surface area contributed by atoms with Gasteiger partial charge in [0, 0.05) is 11.6 Å². The van der Waals surface area contributed by atoms with E-state index in [1.807, 2.05) is 0 Å². The number of rotatable bonds is 6. The van der Waals surface area contributed by atoms with E-state index in [4.69, 9.17) is 10.2 Å². The minimum Gasteiger partial charge on any atom is -0.395 e. The van der Waals surface area contributed by atoms with Crippen LogP contribution in [0.5, 0.6) is 0 Å². The Morgan fingerprint density at radius 2 is 1.62 bits per heavy atom. The highest BCUT2D eigenvalue weighted by Gasteiger charge is 2.35. The second kappa shape index (κ2) is 10.6. The van der Waals surface area contributed by atoms with Crippen molar-refractivity contribution in [2.24, 2.45) is 0 Å². The number of thiophene rings is 1. The maximum absolute atomic E-state index is 13.8. The molecular weight excluding hydrogens is 574 g/mol. The Balaban J connectivity index is 1.68. The number of halogens is 6. The second-order valence-electron chi connectivity index (χ2n) is 7.95. The van der Waals surface area contributed by atoms with Crippen molar-refractivity contribution in [3.05, 3.63) is 70.4 Å². The van der Waals surface area contributed by atoms with Gasteiger partial charge in [-0.3, -0.25) is 0 Å². The molecule has 3 heterocycles. The first-order valence-electron chi connectivity index (χ1n) is 10.7. The molecular formula is C23H16F6N4O4S2. The molecule has 0 saturated heterocycles. The van der Waals surface area contributed by atoms with Crippen LogP contribution < -0.4 is 4.72 Å². The number of aliphatic hydroxyl groups excluding tert-OH is 2. The van der Waals surface area contributed by atoms with Crippen LogP contribution in [0, 0.1) is 11.8 Å². The van der Waals surface area contributed by atoms with Gasteiger partial charge in [-0.2, -0.15) is 31.4 Å². The zero-order chi connectivity index (χ0) is 28.6. The van der Waals surface area contributed by atoms with Crippen LogP contribution in [-0.4, -0.2) is 52.5 Å². The number of alkyl halides is 6. The Kier molecular flexibility index (Phi) is 7.74. The smallest absolute Gasteiger partial charge is 0.395 e. The van der Waals surface area contributed by atoms with Gasteiger partial charge >= 0.3 is 12.4 Å². The fraction of sp³-hybridized carbons (Fsp3) is 0.217. The number of sulfonamides is 1. The molecule has 0 amide bonds.